The zero-order valence-electron chi connectivity index (χ0n) is 8.11. The number of benzene rings is 1. The van der Waals surface area contributed by atoms with Crippen LogP contribution in [0.25, 0.3) is 5.69 Å². The lowest BCUT2D eigenvalue weighted by Gasteiger charge is -2.09. The number of nitrogens with zero attached hydrogens (tertiary/aromatic N) is 1. The summed E-state index contributed by atoms with van der Waals surface area (Å²) in [5, 5.41) is 0.574. The summed E-state index contributed by atoms with van der Waals surface area (Å²) in [7, 11) is 0. The minimum atomic E-state index is -0.319. The summed E-state index contributed by atoms with van der Waals surface area (Å²) in [6.07, 6.45) is 0. The average molecular weight is 254 g/mol. The van der Waals surface area contributed by atoms with Crippen molar-refractivity contribution in [3.63, 3.8) is 0 Å². The molecule has 0 unspecified atom stereocenters. The zero-order valence-corrected chi connectivity index (χ0v) is 9.68. The maximum Gasteiger partial charge on any atom is 0.253 e. The predicted molar refractivity (Wildman–Crippen MR) is 66.6 cm³/mol. The van der Waals surface area contributed by atoms with E-state index in [0.717, 1.165) is 0 Å². The molecule has 82 valence electrons. The summed E-state index contributed by atoms with van der Waals surface area (Å²) >= 11 is 10.9. The van der Waals surface area contributed by atoms with Crippen LogP contribution in [0.3, 0.4) is 0 Å². The van der Waals surface area contributed by atoms with Gasteiger partial charge in [-0.2, -0.15) is 0 Å². The van der Waals surface area contributed by atoms with Gasteiger partial charge >= 0.3 is 0 Å². The largest absolute Gasteiger partial charge is 0.385 e. The zero-order chi connectivity index (χ0) is 11.7. The molecule has 0 saturated carbocycles. The summed E-state index contributed by atoms with van der Waals surface area (Å²) in [5.41, 5.74) is 6.13. The molecular weight excluding hydrogens is 246 g/mol. The van der Waals surface area contributed by atoms with E-state index >= 15 is 0 Å². The molecule has 1 aromatic carbocycles. The normalized spacial score (nSPS) is 10.3. The fourth-order valence-corrected chi connectivity index (χ4v) is 1.89. The summed E-state index contributed by atoms with van der Waals surface area (Å²) in [5.74, 6) is 0.274. The van der Waals surface area contributed by atoms with E-state index in [1.165, 1.54) is 6.07 Å². The SMILES string of the molecule is Nc1cc(=O)[nH]c(=S)n1-c1cccc(Cl)c1. The van der Waals surface area contributed by atoms with Gasteiger partial charge in [-0.1, -0.05) is 17.7 Å². The van der Waals surface area contributed by atoms with Crippen molar-refractivity contribution < 1.29 is 0 Å². The average Bonchev–Trinajstić information content (AvgIpc) is 2.15. The number of H-pyrrole nitrogens is 1. The van der Waals surface area contributed by atoms with Crippen LogP contribution in [0.1, 0.15) is 0 Å². The van der Waals surface area contributed by atoms with E-state index in [1.807, 2.05) is 0 Å². The van der Waals surface area contributed by atoms with Gasteiger partial charge in [0.25, 0.3) is 5.56 Å². The van der Waals surface area contributed by atoms with Gasteiger partial charge in [-0.3, -0.25) is 14.3 Å². The van der Waals surface area contributed by atoms with Crippen LogP contribution in [0, 0.1) is 4.77 Å². The third kappa shape index (κ3) is 2.00. The van der Waals surface area contributed by atoms with Crippen LogP contribution >= 0.6 is 23.8 Å². The number of aromatic nitrogens is 2. The quantitative estimate of drug-likeness (QED) is 0.766. The van der Waals surface area contributed by atoms with Gasteiger partial charge in [-0.25, -0.2) is 0 Å². The van der Waals surface area contributed by atoms with Crippen molar-refractivity contribution in [3.8, 4) is 5.69 Å². The number of halogens is 1. The van der Waals surface area contributed by atoms with Crippen LogP contribution in [0.2, 0.25) is 5.02 Å². The molecule has 0 aliphatic heterocycles. The topological polar surface area (TPSA) is 63.8 Å². The highest BCUT2D eigenvalue weighted by molar-refractivity contribution is 7.71. The van der Waals surface area contributed by atoms with Crippen molar-refractivity contribution in [2.45, 2.75) is 0 Å². The highest BCUT2D eigenvalue weighted by Gasteiger charge is 2.03. The third-order valence-electron chi connectivity index (χ3n) is 2.04. The van der Waals surface area contributed by atoms with Crippen LogP contribution in [0.4, 0.5) is 5.82 Å². The fraction of sp³-hybridized carbons (Fsp3) is 0. The Morgan fingerprint density at radius 2 is 2.12 bits per heavy atom. The number of nitrogens with one attached hydrogen (secondary N) is 1. The molecule has 1 heterocycles. The standard InChI is InChI=1S/C10H8ClN3OS/c11-6-2-1-3-7(4-6)14-8(12)5-9(15)13-10(14)16/h1-5H,12H2,(H,13,15,16). The molecule has 6 heteroatoms. The second-order valence-electron chi connectivity index (χ2n) is 3.18. The first-order chi connectivity index (χ1) is 7.58. The molecule has 0 amide bonds. The molecule has 0 saturated heterocycles. The summed E-state index contributed by atoms with van der Waals surface area (Å²) in [6.45, 7) is 0. The van der Waals surface area contributed by atoms with Gasteiger partial charge in [0.1, 0.15) is 5.82 Å². The molecular formula is C10H8ClN3OS. The first-order valence-corrected chi connectivity index (χ1v) is 5.24. The molecule has 0 radical (unpaired) electrons. The van der Waals surface area contributed by atoms with Gasteiger partial charge < -0.3 is 5.73 Å². The fourth-order valence-electron chi connectivity index (χ4n) is 1.40. The summed E-state index contributed by atoms with van der Waals surface area (Å²) in [6, 6.07) is 8.32. The van der Waals surface area contributed by atoms with E-state index in [4.69, 9.17) is 29.6 Å². The molecule has 3 N–H and O–H groups in total. The van der Waals surface area contributed by atoms with Gasteiger partial charge in [-0.05, 0) is 30.4 Å². The predicted octanol–water partition coefficient (Wildman–Crippen LogP) is 2.13. The number of nitrogens with two attached hydrogens (primary N) is 1. The second kappa shape index (κ2) is 4.11. The Morgan fingerprint density at radius 3 is 2.75 bits per heavy atom. The molecule has 0 aliphatic carbocycles. The summed E-state index contributed by atoms with van der Waals surface area (Å²) in [4.78, 5) is 13.6. The monoisotopic (exact) mass is 253 g/mol. The Kier molecular flexibility index (Phi) is 2.80. The first kappa shape index (κ1) is 10.9. The van der Waals surface area contributed by atoms with Gasteiger partial charge in [0.2, 0.25) is 0 Å². The lowest BCUT2D eigenvalue weighted by Crippen LogP contribution is -2.14. The molecule has 16 heavy (non-hydrogen) atoms. The Balaban J connectivity index is 2.74. The smallest absolute Gasteiger partial charge is 0.253 e. The minimum absolute atomic E-state index is 0.243. The van der Waals surface area contributed by atoms with Crippen molar-refractivity contribution in [2.75, 3.05) is 5.73 Å². The van der Waals surface area contributed by atoms with Crippen molar-refractivity contribution in [2.24, 2.45) is 0 Å². The van der Waals surface area contributed by atoms with E-state index in [0.29, 0.717) is 10.7 Å². The molecule has 0 fully saturated rings. The van der Waals surface area contributed by atoms with Crippen molar-refractivity contribution in [3.05, 3.63) is 50.5 Å². The Hall–Kier alpha value is -1.59. The van der Waals surface area contributed by atoms with Gasteiger partial charge in [-0.15, -0.1) is 0 Å². The van der Waals surface area contributed by atoms with E-state index in [2.05, 4.69) is 4.98 Å². The molecule has 0 atom stereocenters. The molecule has 0 aliphatic rings. The Morgan fingerprint density at radius 1 is 1.38 bits per heavy atom. The first-order valence-electron chi connectivity index (χ1n) is 4.46. The number of hydrogen-bond donors (Lipinski definition) is 2. The molecule has 1 aromatic heterocycles. The van der Waals surface area contributed by atoms with E-state index in [1.54, 1.807) is 28.8 Å². The Labute approximate surface area is 101 Å². The van der Waals surface area contributed by atoms with Crippen LogP contribution in [0.5, 0.6) is 0 Å². The third-order valence-corrected chi connectivity index (χ3v) is 2.56. The van der Waals surface area contributed by atoms with Gasteiger partial charge in [0, 0.05) is 11.1 Å². The van der Waals surface area contributed by atoms with Gasteiger partial charge in [0.05, 0.1) is 5.69 Å². The molecule has 2 rings (SSSR count). The van der Waals surface area contributed by atoms with Crippen molar-refractivity contribution in [1.29, 1.82) is 0 Å². The number of rotatable bonds is 1. The molecule has 0 bridgehead atoms. The lowest BCUT2D eigenvalue weighted by atomic mass is 10.3. The second-order valence-corrected chi connectivity index (χ2v) is 4.00. The summed E-state index contributed by atoms with van der Waals surface area (Å²) < 4.78 is 1.79. The van der Waals surface area contributed by atoms with E-state index < -0.39 is 0 Å². The highest BCUT2D eigenvalue weighted by Crippen LogP contribution is 2.16. The maximum absolute atomic E-state index is 11.1. The number of hydrogen-bond acceptors (Lipinski definition) is 3. The van der Waals surface area contributed by atoms with E-state index in [9.17, 15) is 4.79 Å². The number of anilines is 1. The van der Waals surface area contributed by atoms with Crippen LogP contribution in [0.15, 0.2) is 35.1 Å². The van der Waals surface area contributed by atoms with Gasteiger partial charge in [0.15, 0.2) is 4.77 Å². The molecule has 2 aromatic rings. The minimum Gasteiger partial charge on any atom is -0.385 e. The molecule has 0 spiro atoms. The number of nitrogen functional groups attached to an aromatic ring is 1. The van der Waals surface area contributed by atoms with Crippen LogP contribution in [-0.2, 0) is 0 Å². The van der Waals surface area contributed by atoms with Crippen LogP contribution in [-0.4, -0.2) is 9.55 Å². The van der Waals surface area contributed by atoms with Crippen molar-refractivity contribution >= 4 is 29.6 Å². The number of aromatic amines is 1. The molecule has 4 nitrogen and oxygen atoms in total. The van der Waals surface area contributed by atoms with E-state index in [-0.39, 0.29) is 16.1 Å². The van der Waals surface area contributed by atoms with Crippen LogP contribution < -0.4 is 11.3 Å². The Bertz CT molecular complexity index is 647. The highest BCUT2D eigenvalue weighted by atomic mass is 35.5. The maximum atomic E-state index is 11.1. The lowest BCUT2D eigenvalue weighted by molar-refractivity contribution is 0.951. The van der Waals surface area contributed by atoms with Crippen molar-refractivity contribution in [1.82, 2.24) is 9.55 Å².